The molecule has 1 aliphatic carbocycles. The molecule has 0 amide bonds. The highest BCUT2D eigenvalue weighted by Crippen LogP contribution is 2.30. The molecule has 2 aromatic carbocycles. The number of hydrogen-bond donors (Lipinski definition) is 2. The van der Waals surface area contributed by atoms with E-state index in [-0.39, 0.29) is 17.4 Å². The number of unbranched alkanes of at least 4 members (excludes halogenated alkanes) is 1. The molecule has 2 N–H and O–H groups in total. The number of sulfonamides is 1. The number of aryl methyl sites for hydroxylation is 1. The van der Waals surface area contributed by atoms with Crippen LogP contribution in [0.3, 0.4) is 0 Å². The van der Waals surface area contributed by atoms with Crippen LogP contribution in [-0.4, -0.2) is 19.5 Å². The Labute approximate surface area is 209 Å². The fraction of sp³-hybridized carbons (Fsp3) is 0.519. The van der Waals surface area contributed by atoms with Crippen LogP contribution in [0.5, 0.6) is 0 Å². The number of carbonyl (C=O) groups is 1. The van der Waals surface area contributed by atoms with Crippen LogP contribution in [0.2, 0.25) is 5.02 Å². The zero-order valence-electron chi connectivity index (χ0n) is 19.7. The van der Waals surface area contributed by atoms with E-state index >= 15 is 0 Å². The first kappa shape index (κ1) is 26.7. The predicted octanol–water partition coefficient (Wildman–Crippen LogP) is 6.91. The Morgan fingerprint density at radius 2 is 1.65 bits per heavy atom. The molecule has 0 aliphatic heterocycles. The minimum Gasteiger partial charge on any atom is -0.481 e. The number of rotatable bonds is 13. The molecule has 0 radical (unpaired) electrons. The third kappa shape index (κ3) is 8.71. The molecule has 0 spiro atoms. The van der Waals surface area contributed by atoms with E-state index in [1.807, 2.05) is 24.3 Å². The summed E-state index contributed by atoms with van der Waals surface area (Å²) in [5.41, 5.74) is 1.98. The number of carboxylic acid groups (broad SMARTS) is 1. The molecule has 7 heteroatoms. The third-order valence-corrected chi connectivity index (χ3v) is 8.48. The van der Waals surface area contributed by atoms with Gasteiger partial charge in [0.25, 0.3) is 0 Å². The summed E-state index contributed by atoms with van der Waals surface area (Å²) in [6, 6.07) is 13.8. The van der Waals surface area contributed by atoms with Gasteiger partial charge in [-0.3, -0.25) is 4.79 Å². The topological polar surface area (TPSA) is 83.5 Å². The average Bonchev–Trinajstić information content (AvgIpc) is 2.82. The molecule has 3 rings (SSSR count). The van der Waals surface area contributed by atoms with Gasteiger partial charge >= 0.3 is 5.97 Å². The van der Waals surface area contributed by atoms with Gasteiger partial charge in [0.05, 0.1) is 4.90 Å². The van der Waals surface area contributed by atoms with Gasteiger partial charge in [0.2, 0.25) is 10.0 Å². The lowest BCUT2D eigenvalue weighted by Crippen LogP contribution is -2.28. The normalized spacial score (nSPS) is 15.8. The van der Waals surface area contributed by atoms with Gasteiger partial charge in [-0.1, -0.05) is 87.2 Å². The first-order valence-electron chi connectivity index (χ1n) is 12.4. The molecule has 1 atom stereocenters. The quantitative estimate of drug-likeness (QED) is 0.290. The lowest BCUT2D eigenvalue weighted by molar-refractivity contribution is -0.137. The van der Waals surface area contributed by atoms with Gasteiger partial charge < -0.3 is 5.11 Å². The Balaban J connectivity index is 1.66. The van der Waals surface area contributed by atoms with E-state index in [4.69, 9.17) is 16.7 Å². The van der Waals surface area contributed by atoms with E-state index in [2.05, 4.69) is 4.72 Å². The molecular formula is C27H36ClNO4S. The molecule has 186 valence electrons. The lowest BCUT2D eigenvalue weighted by Gasteiger charge is -2.23. The Bertz CT molecular complexity index is 1000. The molecule has 34 heavy (non-hydrogen) atoms. The lowest BCUT2D eigenvalue weighted by atomic mass is 9.85. The number of benzene rings is 2. The number of carboxylic acids is 1. The summed E-state index contributed by atoms with van der Waals surface area (Å²) in [6.45, 7) is 0. The van der Waals surface area contributed by atoms with E-state index in [1.54, 1.807) is 12.1 Å². The summed E-state index contributed by atoms with van der Waals surface area (Å²) in [4.78, 5) is 11.0. The van der Waals surface area contributed by atoms with Crippen molar-refractivity contribution in [2.45, 2.75) is 88.0 Å². The van der Waals surface area contributed by atoms with Gasteiger partial charge in [-0.2, -0.15) is 0 Å². The molecule has 0 aromatic heterocycles. The number of aliphatic carboxylic acids is 1. The Kier molecular flexibility index (Phi) is 10.4. The fourth-order valence-corrected chi connectivity index (χ4v) is 6.17. The highest BCUT2D eigenvalue weighted by Gasteiger charge is 2.22. The van der Waals surface area contributed by atoms with Crippen molar-refractivity contribution < 1.29 is 18.3 Å². The fourth-order valence-electron chi connectivity index (χ4n) is 4.78. The Morgan fingerprint density at radius 1 is 0.971 bits per heavy atom. The second-order valence-corrected chi connectivity index (χ2v) is 11.6. The van der Waals surface area contributed by atoms with E-state index in [9.17, 15) is 13.2 Å². The van der Waals surface area contributed by atoms with Crippen molar-refractivity contribution in [1.82, 2.24) is 4.72 Å². The van der Waals surface area contributed by atoms with Crippen LogP contribution in [-0.2, 0) is 21.2 Å². The largest absolute Gasteiger partial charge is 0.481 e. The minimum absolute atomic E-state index is 0.145. The molecule has 5 nitrogen and oxygen atoms in total. The van der Waals surface area contributed by atoms with Crippen LogP contribution in [0.15, 0.2) is 53.4 Å². The molecule has 1 unspecified atom stereocenters. The standard InChI is InChI=1S/C27H36ClNO4S/c28-24-17-19-25(20-18-24)34(32,33)29-26(11-5-4-9-21-7-2-1-3-8-21)23-15-13-22(14-16-23)10-6-12-27(30)31/h13-21,26,29H,1-12H2,(H,30,31). The molecule has 1 aliphatic rings. The summed E-state index contributed by atoms with van der Waals surface area (Å²) >= 11 is 5.93. The Hall–Kier alpha value is -1.89. The highest BCUT2D eigenvalue weighted by molar-refractivity contribution is 7.89. The van der Waals surface area contributed by atoms with Crippen molar-refractivity contribution in [3.8, 4) is 0 Å². The maximum absolute atomic E-state index is 13.1. The van der Waals surface area contributed by atoms with E-state index < -0.39 is 16.0 Å². The van der Waals surface area contributed by atoms with Gasteiger partial charge in [0.1, 0.15) is 0 Å². The van der Waals surface area contributed by atoms with Crippen molar-refractivity contribution in [2.24, 2.45) is 5.92 Å². The number of hydrogen-bond acceptors (Lipinski definition) is 3. The average molecular weight is 506 g/mol. The van der Waals surface area contributed by atoms with Crippen molar-refractivity contribution in [3.63, 3.8) is 0 Å². The highest BCUT2D eigenvalue weighted by atomic mass is 35.5. The SMILES string of the molecule is O=C(O)CCCc1ccc(C(CCCCC2CCCCC2)NS(=O)(=O)c2ccc(Cl)cc2)cc1. The molecule has 0 heterocycles. The molecule has 2 aromatic rings. The van der Waals surface area contributed by atoms with Crippen LogP contribution in [0, 0.1) is 5.92 Å². The van der Waals surface area contributed by atoms with Gasteiger partial charge in [-0.05, 0) is 60.6 Å². The maximum atomic E-state index is 13.1. The van der Waals surface area contributed by atoms with E-state index in [0.29, 0.717) is 17.9 Å². The van der Waals surface area contributed by atoms with Gasteiger partial charge in [0, 0.05) is 17.5 Å². The summed E-state index contributed by atoms with van der Waals surface area (Å²) in [5, 5.41) is 9.34. The van der Waals surface area contributed by atoms with E-state index in [0.717, 1.165) is 36.3 Å². The first-order valence-corrected chi connectivity index (χ1v) is 14.3. The molecule has 1 saturated carbocycles. The third-order valence-electron chi connectivity index (χ3n) is 6.74. The van der Waals surface area contributed by atoms with Crippen molar-refractivity contribution in [3.05, 3.63) is 64.7 Å². The van der Waals surface area contributed by atoms with Crippen molar-refractivity contribution in [2.75, 3.05) is 0 Å². The smallest absolute Gasteiger partial charge is 0.303 e. The van der Waals surface area contributed by atoms with Crippen molar-refractivity contribution in [1.29, 1.82) is 0 Å². The predicted molar refractivity (Wildman–Crippen MR) is 137 cm³/mol. The zero-order valence-corrected chi connectivity index (χ0v) is 21.3. The minimum atomic E-state index is -3.69. The maximum Gasteiger partial charge on any atom is 0.303 e. The monoisotopic (exact) mass is 505 g/mol. The second-order valence-electron chi connectivity index (χ2n) is 9.41. The molecule has 1 fully saturated rings. The molecular weight excluding hydrogens is 470 g/mol. The summed E-state index contributed by atoms with van der Waals surface area (Å²) in [7, 11) is -3.69. The van der Waals surface area contributed by atoms with Gasteiger partial charge in [-0.15, -0.1) is 0 Å². The van der Waals surface area contributed by atoms with Gasteiger partial charge in [0.15, 0.2) is 0 Å². The van der Waals surface area contributed by atoms with Crippen molar-refractivity contribution >= 4 is 27.6 Å². The first-order chi connectivity index (χ1) is 16.3. The summed E-state index contributed by atoms with van der Waals surface area (Å²) in [5.74, 6) is 0.0320. The molecule has 0 bridgehead atoms. The van der Waals surface area contributed by atoms with Crippen LogP contribution >= 0.6 is 11.6 Å². The van der Waals surface area contributed by atoms with Crippen LogP contribution in [0.25, 0.3) is 0 Å². The molecule has 0 saturated heterocycles. The second kappa shape index (κ2) is 13.3. The van der Waals surface area contributed by atoms with E-state index in [1.165, 1.54) is 50.7 Å². The number of nitrogens with one attached hydrogen (secondary N) is 1. The van der Waals surface area contributed by atoms with Gasteiger partial charge in [-0.25, -0.2) is 13.1 Å². The van der Waals surface area contributed by atoms with Crippen LogP contribution in [0.4, 0.5) is 0 Å². The summed E-state index contributed by atoms with van der Waals surface area (Å²) in [6.07, 6.45) is 12.1. The Morgan fingerprint density at radius 3 is 2.29 bits per heavy atom. The number of halogens is 1. The zero-order chi connectivity index (χ0) is 24.4. The van der Waals surface area contributed by atoms with Crippen LogP contribution in [0.1, 0.15) is 87.8 Å². The van der Waals surface area contributed by atoms with Crippen LogP contribution < -0.4 is 4.72 Å². The summed E-state index contributed by atoms with van der Waals surface area (Å²) < 4.78 is 29.1.